The number of amides is 1. The van der Waals surface area contributed by atoms with Gasteiger partial charge in [0, 0.05) is 5.56 Å². The van der Waals surface area contributed by atoms with Crippen LogP contribution in [0.25, 0.3) is 11.3 Å². The van der Waals surface area contributed by atoms with Crippen LogP contribution < -0.4 is 14.9 Å². The average Bonchev–Trinajstić information content (AvgIpc) is 3.28. The van der Waals surface area contributed by atoms with Crippen molar-refractivity contribution in [3.63, 3.8) is 0 Å². The number of aromatic nitrogens is 2. The summed E-state index contributed by atoms with van der Waals surface area (Å²) in [6, 6.07) is 13.5. The fraction of sp³-hybridized carbons (Fsp3) is 0.143. The Morgan fingerprint density at radius 1 is 1.03 bits per heavy atom. The Morgan fingerprint density at radius 2 is 1.80 bits per heavy atom. The van der Waals surface area contributed by atoms with Crippen molar-refractivity contribution in [3.8, 4) is 22.8 Å². The number of nitrogens with zero attached hydrogens (tertiary/aromatic N) is 2. The van der Waals surface area contributed by atoms with Crippen LogP contribution in [0.5, 0.6) is 11.5 Å². The molecule has 9 heteroatoms. The molecular weight excluding hydrogens is 388 g/mol. The lowest BCUT2D eigenvalue weighted by atomic mass is 10.1. The zero-order valence-electron chi connectivity index (χ0n) is 16.6. The summed E-state index contributed by atoms with van der Waals surface area (Å²) < 4.78 is 15.2. The lowest BCUT2D eigenvalue weighted by Gasteiger charge is -2.08. The van der Waals surface area contributed by atoms with Gasteiger partial charge in [0.2, 0.25) is 0 Å². The van der Waals surface area contributed by atoms with E-state index in [2.05, 4.69) is 25.5 Å². The molecule has 9 nitrogen and oxygen atoms in total. The number of aromatic amines is 1. The molecule has 1 heterocycles. The molecule has 0 spiro atoms. The number of hydrogen-bond donors (Lipinski definition) is 2. The molecule has 3 rings (SSSR count). The monoisotopic (exact) mass is 408 g/mol. The van der Waals surface area contributed by atoms with Crippen molar-refractivity contribution in [2.24, 2.45) is 5.10 Å². The highest BCUT2D eigenvalue weighted by Crippen LogP contribution is 2.32. The summed E-state index contributed by atoms with van der Waals surface area (Å²) in [4.78, 5) is 23.8. The number of nitrogens with one attached hydrogen (secondary N) is 2. The molecule has 0 unspecified atom stereocenters. The third kappa shape index (κ3) is 4.64. The second kappa shape index (κ2) is 9.37. The van der Waals surface area contributed by atoms with E-state index in [4.69, 9.17) is 9.47 Å². The minimum absolute atomic E-state index is 0.230. The van der Waals surface area contributed by atoms with E-state index in [0.29, 0.717) is 33.9 Å². The van der Waals surface area contributed by atoms with E-state index in [1.54, 1.807) is 62.8 Å². The van der Waals surface area contributed by atoms with Gasteiger partial charge in [0.25, 0.3) is 5.91 Å². The van der Waals surface area contributed by atoms with Crippen molar-refractivity contribution in [3.05, 3.63) is 65.4 Å². The molecule has 0 aliphatic rings. The fourth-order valence-electron chi connectivity index (χ4n) is 2.64. The van der Waals surface area contributed by atoms with Gasteiger partial charge in [0.05, 0.1) is 38.8 Å². The van der Waals surface area contributed by atoms with Gasteiger partial charge in [-0.25, -0.2) is 10.2 Å². The van der Waals surface area contributed by atoms with E-state index < -0.39 is 11.9 Å². The number of carbonyl (C=O) groups excluding carboxylic acids is 2. The molecule has 1 amide bonds. The van der Waals surface area contributed by atoms with Crippen molar-refractivity contribution in [1.82, 2.24) is 15.6 Å². The van der Waals surface area contributed by atoms with Crippen LogP contribution in [0.15, 0.2) is 53.6 Å². The van der Waals surface area contributed by atoms with Crippen LogP contribution in [0.2, 0.25) is 0 Å². The number of ether oxygens (including phenoxy) is 3. The molecule has 0 atom stereocenters. The first-order chi connectivity index (χ1) is 14.5. The number of H-pyrrole nitrogens is 1. The lowest BCUT2D eigenvalue weighted by Crippen LogP contribution is -2.18. The van der Waals surface area contributed by atoms with Gasteiger partial charge in [-0.1, -0.05) is 12.1 Å². The molecule has 0 fully saturated rings. The first-order valence-corrected chi connectivity index (χ1v) is 8.85. The van der Waals surface area contributed by atoms with Gasteiger partial charge in [-0.15, -0.1) is 0 Å². The molecule has 1 aromatic heterocycles. The van der Waals surface area contributed by atoms with Gasteiger partial charge in [0.15, 0.2) is 0 Å². The van der Waals surface area contributed by atoms with E-state index in [0.717, 1.165) is 0 Å². The molecule has 0 bridgehead atoms. The highest BCUT2D eigenvalue weighted by Gasteiger charge is 2.14. The maximum Gasteiger partial charge on any atom is 0.337 e. The van der Waals surface area contributed by atoms with E-state index in [1.807, 2.05) is 0 Å². The quantitative estimate of drug-likeness (QED) is 0.353. The predicted molar refractivity (Wildman–Crippen MR) is 110 cm³/mol. The molecule has 0 saturated heterocycles. The molecule has 3 aromatic rings. The van der Waals surface area contributed by atoms with E-state index in [9.17, 15) is 9.59 Å². The van der Waals surface area contributed by atoms with E-state index in [-0.39, 0.29) is 5.69 Å². The average molecular weight is 408 g/mol. The minimum Gasteiger partial charge on any atom is -0.497 e. The Hall–Kier alpha value is -4.14. The van der Waals surface area contributed by atoms with Crippen molar-refractivity contribution in [2.75, 3.05) is 21.3 Å². The molecule has 2 aromatic carbocycles. The van der Waals surface area contributed by atoms with Gasteiger partial charge >= 0.3 is 5.97 Å². The van der Waals surface area contributed by atoms with Crippen LogP contribution in [0.1, 0.15) is 26.4 Å². The largest absolute Gasteiger partial charge is 0.497 e. The van der Waals surface area contributed by atoms with Gasteiger partial charge < -0.3 is 14.2 Å². The number of benzene rings is 2. The standard InChI is InChI=1S/C21H20N4O5/c1-28-15-8-9-19(29-2)16(10-15)17-11-18(24-23-17)20(26)25-22-12-13-4-6-14(7-5-13)21(27)30-3/h4-12H,1-3H3,(H,23,24)(H,25,26). The second-order valence-corrected chi connectivity index (χ2v) is 6.05. The van der Waals surface area contributed by atoms with Crippen molar-refractivity contribution >= 4 is 18.1 Å². The lowest BCUT2D eigenvalue weighted by molar-refractivity contribution is 0.0600. The van der Waals surface area contributed by atoms with Gasteiger partial charge in [-0.2, -0.15) is 10.2 Å². The zero-order valence-corrected chi connectivity index (χ0v) is 16.6. The first-order valence-electron chi connectivity index (χ1n) is 8.85. The fourth-order valence-corrected chi connectivity index (χ4v) is 2.64. The molecule has 2 N–H and O–H groups in total. The number of carbonyl (C=O) groups is 2. The Labute approximate surface area is 172 Å². The van der Waals surface area contributed by atoms with Crippen LogP contribution >= 0.6 is 0 Å². The normalized spacial score (nSPS) is 10.6. The first kappa shape index (κ1) is 20.6. The Balaban J connectivity index is 1.68. The minimum atomic E-state index is -0.460. The third-order valence-corrected chi connectivity index (χ3v) is 4.22. The molecule has 0 aliphatic carbocycles. The molecule has 0 radical (unpaired) electrons. The molecule has 0 aliphatic heterocycles. The zero-order chi connectivity index (χ0) is 21.5. The molecular formula is C21H20N4O5. The highest BCUT2D eigenvalue weighted by molar-refractivity contribution is 5.94. The summed E-state index contributed by atoms with van der Waals surface area (Å²) in [6.07, 6.45) is 1.46. The van der Waals surface area contributed by atoms with Crippen LogP contribution in [0.3, 0.4) is 0 Å². The second-order valence-electron chi connectivity index (χ2n) is 6.05. The number of methoxy groups -OCH3 is 3. The molecule has 154 valence electrons. The van der Waals surface area contributed by atoms with Crippen LogP contribution in [-0.2, 0) is 4.74 Å². The topological polar surface area (TPSA) is 115 Å². The number of rotatable bonds is 7. The van der Waals surface area contributed by atoms with Crippen molar-refractivity contribution < 1.29 is 23.8 Å². The van der Waals surface area contributed by atoms with Crippen molar-refractivity contribution in [1.29, 1.82) is 0 Å². The Kier molecular flexibility index (Phi) is 6.43. The van der Waals surface area contributed by atoms with E-state index in [1.165, 1.54) is 13.3 Å². The number of hydrogen-bond acceptors (Lipinski definition) is 7. The highest BCUT2D eigenvalue weighted by atomic mass is 16.5. The molecule has 30 heavy (non-hydrogen) atoms. The number of hydrazone groups is 1. The van der Waals surface area contributed by atoms with Gasteiger partial charge in [-0.3, -0.25) is 9.89 Å². The van der Waals surface area contributed by atoms with Crippen LogP contribution in [0.4, 0.5) is 0 Å². The summed E-state index contributed by atoms with van der Waals surface area (Å²) in [5.74, 6) is 0.359. The summed E-state index contributed by atoms with van der Waals surface area (Å²) >= 11 is 0. The van der Waals surface area contributed by atoms with Crippen LogP contribution in [0, 0.1) is 0 Å². The Morgan fingerprint density at radius 3 is 2.47 bits per heavy atom. The maximum atomic E-state index is 12.3. The summed E-state index contributed by atoms with van der Waals surface area (Å²) in [5.41, 5.74) is 4.99. The summed E-state index contributed by atoms with van der Waals surface area (Å²) in [6.45, 7) is 0. The third-order valence-electron chi connectivity index (χ3n) is 4.22. The number of esters is 1. The van der Waals surface area contributed by atoms with Gasteiger partial charge in [-0.05, 0) is 42.0 Å². The van der Waals surface area contributed by atoms with Gasteiger partial charge in [0.1, 0.15) is 17.2 Å². The predicted octanol–water partition coefficient (Wildman–Crippen LogP) is 2.64. The summed E-state index contributed by atoms with van der Waals surface area (Å²) in [5, 5.41) is 10.8. The van der Waals surface area contributed by atoms with Crippen molar-refractivity contribution in [2.45, 2.75) is 0 Å². The van der Waals surface area contributed by atoms with Crippen LogP contribution in [-0.4, -0.2) is 49.6 Å². The maximum absolute atomic E-state index is 12.3. The smallest absolute Gasteiger partial charge is 0.337 e. The Bertz CT molecular complexity index is 1070. The molecule has 0 saturated carbocycles. The summed E-state index contributed by atoms with van der Waals surface area (Å²) in [7, 11) is 4.44. The van der Waals surface area contributed by atoms with E-state index >= 15 is 0 Å². The SMILES string of the molecule is COC(=O)c1ccc(C=NNC(=O)c2cc(-c3cc(OC)ccc3OC)n[nH]2)cc1.